The number of carboxylic acid groups (broad SMARTS) is 1. The lowest BCUT2D eigenvalue weighted by Gasteiger charge is -2.42. The van der Waals surface area contributed by atoms with Gasteiger partial charge in [-0.2, -0.15) is 10.1 Å². The van der Waals surface area contributed by atoms with Gasteiger partial charge < -0.3 is 25.3 Å². The minimum absolute atomic E-state index is 0.122. The van der Waals surface area contributed by atoms with Crippen LogP contribution in [-0.4, -0.2) is 85.8 Å². The molecule has 40 heavy (non-hydrogen) atoms. The molecule has 12 heteroatoms. The van der Waals surface area contributed by atoms with E-state index in [1.54, 1.807) is 0 Å². The van der Waals surface area contributed by atoms with E-state index in [1.807, 2.05) is 47.2 Å². The van der Waals surface area contributed by atoms with Crippen molar-refractivity contribution in [1.82, 2.24) is 29.3 Å². The van der Waals surface area contributed by atoms with E-state index in [-0.39, 0.29) is 18.5 Å². The van der Waals surface area contributed by atoms with Gasteiger partial charge in [-0.25, -0.2) is 4.52 Å². The zero-order valence-electron chi connectivity index (χ0n) is 22.5. The van der Waals surface area contributed by atoms with Gasteiger partial charge in [-0.05, 0) is 75.6 Å². The lowest BCUT2D eigenvalue weighted by molar-refractivity contribution is -0.122. The number of halogens is 1. The van der Waals surface area contributed by atoms with Crippen LogP contribution in [0.3, 0.4) is 0 Å². The molecule has 1 aromatic carbocycles. The fourth-order valence-corrected chi connectivity index (χ4v) is 5.83. The number of pyridine rings is 1. The van der Waals surface area contributed by atoms with Gasteiger partial charge in [0.05, 0.1) is 30.2 Å². The second-order valence-electron chi connectivity index (χ2n) is 10.5. The van der Waals surface area contributed by atoms with E-state index in [0.29, 0.717) is 17.0 Å². The molecule has 0 spiro atoms. The molecule has 3 aromatic heterocycles. The molecule has 4 aromatic rings. The number of carbonyl (C=O) groups is 1. The summed E-state index contributed by atoms with van der Waals surface area (Å²) in [5, 5.41) is 30.5. The maximum atomic E-state index is 10.3. The van der Waals surface area contributed by atoms with Crippen molar-refractivity contribution in [2.75, 3.05) is 50.1 Å². The number of nitrogens with one attached hydrogen (secondary N) is 1. The number of fused-ring (bicyclic) bond motifs is 1. The summed E-state index contributed by atoms with van der Waals surface area (Å²) >= 11 is 6.10. The minimum atomic E-state index is -0.250. The van der Waals surface area contributed by atoms with Crippen molar-refractivity contribution in [2.45, 2.75) is 37.1 Å². The van der Waals surface area contributed by atoms with Gasteiger partial charge in [0.2, 0.25) is 5.95 Å². The molecule has 0 radical (unpaired) electrons. The Hall–Kier alpha value is -3.67. The SMILES string of the molecule is CN1CCC(n2cc(Nc3nc4c(N5CCC(CO)(c6ccc(Cl)cc6)CC5)cccn4n3)cn2)CC1.O=CO. The molecule has 2 aliphatic heterocycles. The molecular weight excluding hydrogens is 532 g/mol. The summed E-state index contributed by atoms with van der Waals surface area (Å²) < 4.78 is 3.89. The van der Waals surface area contributed by atoms with Crippen molar-refractivity contribution >= 4 is 41.0 Å². The van der Waals surface area contributed by atoms with Crippen molar-refractivity contribution in [3.63, 3.8) is 0 Å². The number of likely N-dealkylation sites (tertiary alicyclic amines) is 1. The van der Waals surface area contributed by atoms with Crippen molar-refractivity contribution in [2.24, 2.45) is 0 Å². The first-order valence-corrected chi connectivity index (χ1v) is 13.9. The van der Waals surface area contributed by atoms with Crippen LogP contribution in [-0.2, 0) is 10.2 Å². The molecular formula is C28H35ClN8O3. The number of hydrogen-bond acceptors (Lipinski definition) is 8. The Bertz CT molecular complexity index is 1410. The first-order chi connectivity index (χ1) is 19.4. The molecule has 11 nitrogen and oxygen atoms in total. The van der Waals surface area contributed by atoms with Gasteiger partial charge >= 0.3 is 0 Å². The number of nitrogens with zero attached hydrogens (tertiary/aromatic N) is 7. The third-order valence-corrected chi connectivity index (χ3v) is 8.33. The molecule has 2 aliphatic rings. The average molecular weight is 567 g/mol. The summed E-state index contributed by atoms with van der Waals surface area (Å²) in [6.45, 7) is 3.71. The standard InChI is InChI=1S/C27H33ClN8O.CH2O2/c1-33-13-8-23(9-14-33)36-18-22(17-29-36)30-26-31-25-24(3-2-12-35(25)32-26)34-15-10-27(19-37,11-16-34)20-4-6-21(28)7-5-20;2-1-3/h2-7,12,17-18,23,37H,8-11,13-16,19H2,1H3,(H,30,32);1H,(H,2,3). The van der Waals surface area contributed by atoms with E-state index < -0.39 is 0 Å². The van der Waals surface area contributed by atoms with Crippen molar-refractivity contribution < 1.29 is 15.0 Å². The molecule has 0 atom stereocenters. The van der Waals surface area contributed by atoms with Gasteiger partial charge in [0, 0.05) is 35.9 Å². The van der Waals surface area contributed by atoms with Crippen LogP contribution in [0.1, 0.15) is 37.3 Å². The van der Waals surface area contributed by atoms with Gasteiger partial charge in [0.25, 0.3) is 6.47 Å². The zero-order valence-corrected chi connectivity index (χ0v) is 23.3. The first-order valence-electron chi connectivity index (χ1n) is 13.5. The Labute approximate surface area is 238 Å². The van der Waals surface area contributed by atoms with E-state index in [4.69, 9.17) is 26.5 Å². The van der Waals surface area contributed by atoms with Crippen LogP contribution in [0.5, 0.6) is 0 Å². The normalized spacial score (nSPS) is 17.8. The molecule has 0 unspecified atom stereocenters. The number of benzene rings is 1. The first kappa shape index (κ1) is 27.9. The van der Waals surface area contributed by atoms with Gasteiger partial charge in [-0.3, -0.25) is 9.48 Å². The van der Waals surface area contributed by atoms with Crippen molar-refractivity contribution in [3.8, 4) is 0 Å². The number of rotatable bonds is 6. The maximum absolute atomic E-state index is 10.3. The number of piperidine rings is 2. The van der Waals surface area contributed by atoms with Gasteiger partial charge in [0.15, 0.2) is 5.65 Å². The van der Waals surface area contributed by atoms with Crippen LogP contribution in [0.15, 0.2) is 55.0 Å². The molecule has 212 valence electrons. The number of aromatic nitrogens is 5. The highest BCUT2D eigenvalue weighted by Crippen LogP contribution is 2.38. The summed E-state index contributed by atoms with van der Waals surface area (Å²) in [5.74, 6) is 0.554. The van der Waals surface area contributed by atoms with Gasteiger partial charge in [0.1, 0.15) is 0 Å². The lowest BCUT2D eigenvalue weighted by atomic mass is 9.73. The van der Waals surface area contributed by atoms with E-state index in [2.05, 4.69) is 49.3 Å². The molecule has 2 saturated heterocycles. The molecule has 0 bridgehead atoms. The smallest absolute Gasteiger partial charge is 0.290 e. The van der Waals surface area contributed by atoms with Crippen molar-refractivity contribution in [3.05, 3.63) is 65.6 Å². The van der Waals surface area contributed by atoms with Crippen molar-refractivity contribution in [1.29, 1.82) is 0 Å². The van der Waals surface area contributed by atoms with Crippen LogP contribution in [0.2, 0.25) is 5.02 Å². The summed E-state index contributed by atoms with van der Waals surface area (Å²) in [5.41, 5.74) is 3.65. The third-order valence-electron chi connectivity index (χ3n) is 8.08. The summed E-state index contributed by atoms with van der Waals surface area (Å²) in [6.07, 6.45) is 9.75. The second kappa shape index (κ2) is 12.2. The van der Waals surface area contributed by atoms with Crippen LogP contribution in [0, 0.1) is 0 Å². The van der Waals surface area contributed by atoms with E-state index in [9.17, 15) is 5.11 Å². The Balaban J connectivity index is 0.00000103. The molecule has 0 aliphatic carbocycles. The Kier molecular flexibility index (Phi) is 8.53. The average Bonchev–Trinajstić information content (AvgIpc) is 3.61. The number of hydrogen-bond donors (Lipinski definition) is 3. The molecule has 0 amide bonds. The van der Waals surface area contributed by atoms with Crippen LogP contribution < -0.4 is 10.2 Å². The Morgan fingerprint density at radius 2 is 1.82 bits per heavy atom. The maximum Gasteiger partial charge on any atom is 0.290 e. The third kappa shape index (κ3) is 5.91. The summed E-state index contributed by atoms with van der Waals surface area (Å²) in [7, 11) is 2.17. The molecule has 3 N–H and O–H groups in total. The van der Waals surface area contributed by atoms with Crippen LogP contribution in [0.25, 0.3) is 5.65 Å². The number of aliphatic hydroxyl groups is 1. The largest absolute Gasteiger partial charge is 0.483 e. The molecule has 0 saturated carbocycles. The fraction of sp³-hybridized carbons (Fsp3) is 0.429. The van der Waals surface area contributed by atoms with Gasteiger partial charge in [-0.15, -0.1) is 5.10 Å². The fourth-order valence-electron chi connectivity index (χ4n) is 5.70. The zero-order chi connectivity index (χ0) is 28.1. The van der Waals surface area contributed by atoms with Crippen LogP contribution in [0.4, 0.5) is 17.3 Å². The van der Waals surface area contributed by atoms with Gasteiger partial charge in [-0.1, -0.05) is 23.7 Å². The van der Waals surface area contributed by atoms with E-state index >= 15 is 0 Å². The van der Waals surface area contributed by atoms with E-state index in [0.717, 1.165) is 74.4 Å². The molecule has 5 heterocycles. The predicted molar refractivity (Wildman–Crippen MR) is 155 cm³/mol. The van der Waals surface area contributed by atoms with Crippen LogP contribution >= 0.6 is 11.6 Å². The predicted octanol–water partition coefficient (Wildman–Crippen LogP) is 3.82. The Morgan fingerprint density at radius 3 is 2.50 bits per heavy atom. The second-order valence-corrected chi connectivity index (χ2v) is 10.9. The molecule has 6 rings (SSSR count). The highest BCUT2D eigenvalue weighted by molar-refractivity contribution is 6.30. The highest BCUT2D eigenvalue weighted by atomic mass is 35.5. The Morgan fingerprint density at radius 1 is 1.12 bits per heavy atom. The lowest BCUT2D eigenvalue weighted by Crippen LogP contribution is -2.45. The van der Waals surface area contributed by atoms with E-state index in [1.165, 1.54) is 0 Å². The highest BCUT2D eigenvalue weighted by Gasteiger charge is 2.36. The minimum Gasteiger partial charge on any atom is -0.483 e. The number of aliphatic hydroxyl groups excluding tert-OH is 1. The quantitative estimate of drug-likeness (QED) is 0.299. The number of anilines is 3. The molecule has 2 fully saturated rings. The summed E-state index contributed by atoms with van der Waals surface area (Å²) in [6, 6.07) is 12.4. The topological polar surface area (TPSA) is 124 Å². The summed E-state index contributed by atoms with van der Waals surface area (Å²) in [4.78, 5) is 17.9. The monoisotopic (exact) mass is 566 g/mol.